The lowest BCUT2D eigenvalue weighted by atomic mass is 10.1. The number of aryl methyl sites for hydroxylation is 1. The zero-order chi connectivity index (χ0) is 27.5. The summed E-state index contributed by atoms with van der Waals surface area (Å²) in [6.45, 7) is 4.76. The maximum atomic E-state index is 13.1. The Kier molecular flexibility index (Phi) is 7.14. The highest BCUT2D eigenvalue weighted by atomic mass is 16.5. The molecule has 8 heteroatoms. The summed E-state index contributed by atoms with van der Waals surface area (Å²) in [6.07, 6.45) is 2.87. The number of hydrogen-bond donors (Lipinski definition) is 0. The molecule has 202 valence electrons. The number of amides is 1. The van der Waals surface area contributed by atoms with Crippen molar-refractivity contribution < 1.29 is 9.53 Å². The highest BCUT2D eigenvalue weighted by Gasteiger charge is 2.25. The molecule has 0 N–H and O–H groups in total. The summed E-state index contributed by atoms with van der Waals surface area (Å²) in [4.78, 5) is 27.3. The maximum absolute atomic E-state index is 13.1. The number of aromatic nitrogens is 4. The van der Waals surface area contributed by atoms with E-state index in [0.717, 1.165) is 45.2 Å². The van der Waals surface area contributed by atoms with Gasteiger partial charge in [-0.2, -0.15) is 5.10 Å². The molecule has 0 atom stereocenters. The Morgan fingerprint density at radius 2 is 1.55 bits per heavy atom. The van der Waals surface area contributed by atoms with Crippen molar-refractivity contribution in [2.45, 2.75) is 19.8 Å². The van der Waals surface area contributed by atoms with Crippen LogP contribution in [0.4, 0.5) is 5.82 Å². The number of benzene rings is 3. The van der Waals surface area contributed by atoms with E-state index in [1.165, 1.54) is 5.56 Å². The first-order chi connectivity index (χ1) is 19.6. The lowest BCUT2D eigenvalue weighted by Crippen LogP contribution is -2.49. The minimum Gasteiger partial charge on any atom is -0.497 e. The fraction of sp³-hybridized carbons (Fsp3) is 0.250. The molecule has 8 nitrogen and oxygen atoms in total. The lowest BCUT2D eigenvalue weighted by Gasteiger charge is -2.35. The molecule has 0 bridgehead atoms. The molecule has 0 unspecified atom stereocenters. The van der Waals surface area contributed by atoms with Crippen LogP contribution in [-0.2, 0) is 17.6 Å². The van der Waals surface area contributed by atoms with Gasteiger partial charge in [0.1, 0.15) is 17.4 Å². The van der Waals surface area contributed by atoms with Crippen LogP contribution in [0.1, 0.15) is 22.5 Å². The Morgan fingerprint density at radius 3 is 2.25 bits per heavy atom. The van der Waals surface area contributed by atoms with E-state index in [1.54, 1.807) is 7.11 Å². The number of carbonyl (C=O) groups excluding carboxylic acids is 1. The van der Waals surface area contributed by atoms with E-state index in [2.05, 4.69) is 36.1 Å². The normalized spacial score (nSPS) is 13.6. The van der Waals surface area contributed by atoms with Gasteiger partial charge in [-0.25, -0.2) is 14.6 Å². The summed E-state index contributed by atoms with van der Waals surface area (Å²) in [6, 6.07) is 26.2. The monoisotopic (exact) mass is 532 g/mol. The van der Waals surface area contributed by atoms with Crippen LogP contribution in [0.5, 0.6) is 5.75 Å². The quantitative estimate of drug-likeness (QED) is 0.305. The number of hydrogen-bond acceptors (Lipinski definition) is 6. The van der Waals surface area contributed by atoms with Crippen molar-refractivity contribution in [1.82, 2.24) is 24.6 Å². The minimum atomic E-state index is 0.134. The van der Waals surface area contributed by atoms with Gasteiger partial charge in [-0.05, 0) is 42.3 Å². The summed E-state index contributed by atoms with van der Waals surface area (Å²) in [7, 11) is 1.64. The zero-order valence-corrected chi connectivity index (χ0v) is 22.8. The first kappa shape index (κ1) is 25.6. The highest BCUT2D eigenvalue weighted by molar-refractivity contribution is 5.88. The van der Waals surface area contributed by atoms with Gasteiger partial charge in [0.25, 0.3) is 0 Å². The third-order valence-corrected chi connectivity index (χ3v) is 7.38. The molecule has 1 aliphatic heterocycles. The largest absolute Gasteiger partial charge is 0.497 e. The van der Waals surface area contributed by atoms with Crippen LogP contribution in [-0.4, -0.2) is 63.8 Å². The number of carbonyl (C=O) groups is 1. The molecule has 0 radical (unpaired) electrons. The molecule has 5 aromatic rings. The first-order valence-electron chi connectivity index (χ1n) is 13.6. The molecule has 3 heterocycles. The van der Waals surface area contributed by atoms with Crippen LogP contribution in [0.3, 0.4) is 0 Å². The first-order valence-corrected chi connectivity index (χ1v) is 13.6. The van der Waals surface area contributed by atoms with Crippen LogP contribution >= 0.6 is 0 Å². The van der Waals surface area contributed by atoms with E-state index < -0.39 is 0 Å². The van der Waals surface area contributed by atoms with Crippen molar-refractivity contribution in [3.05, 3.63) is 108 Å². The van der Waals surface area contributed by atoms with Crippen molar-refractivity contribution in [2.75, 3.05) is 38.2 Å². The summed E-state index contributed by atoms with van der Waals surface area (Å²) in [5, 5.41) is 5.61. The number of ether oxygens (including phenoxy) is 1. The smallest absolute Gasteiger partial charge is 0.227 e. The SMILES string of the molecule is COc1ccc(CC(=O)N2CCN(c3nc(Cc4ccc(C)cc4)nc4c3cnn4-c3ccccc3)CC2)cc1. The maximum Gasteiger partial charge on any atom is 0.227 e. The van der Waals surface area contributed by atoms with Gasteiger partial charge in [0.15, 0.2) is 5.65 Å². The van der Waals surface area contributed by atoms with Crippen LogP contribution in [0, 0.1) is 6.92 Å². The molecular formula is C32H32N6O2. The van der Waals surface area contributed by atoms with Gasteiger partial charge in [-0.15, -0.1) is 0 Å². The summed E-state index contributed by atoms with van der Waals surface area (Å²) >= 11 is 0. The molecule has 0 aliphatic carbocycles. The van der Waals surface area contributed by atoms with Crippen LogP contribution in [0.15, 0.2) is 85.1 Å². The summed E-state index contributed by atoms with van der Waals surface area (Å²) in [5.41, 5.74) is 5.12. The second-order valence-electron chi connectivity index (χ2n) is 10.1. The van der Waals surface area contributed by atoms with E-state index in [-0.39, 0.29) is 5.91 Å². The molecule has 6 rings (SSSR count). The predicted octanol–water partition coefficient (Wildman–Crippen LogP) is 4.61. The van der Waals surface area contributed by atoms with Crippen LogP contribution in [0.25, 0.3) is 16.7 Å². The van der Waals surface area contributed by atoms with Gasteiger partial charge in [-0.3, -0.25) is 4.79 Å². The van der Waals surface area contributed by atoms with Crippen molar-refractivity contribution >= 4 is 22.8 Å². The Morgan fingerprint density at radius 1 is 0.850 bits per heavy atom. The standard InChI is InChI=1S/C32H32N6O2/c1-23-8-10-24(11-9-23)20-29-34-31(28-22-33-38(32(28)35-29)26-6-4-3-5-7-26)37-18-16-36(17-19-37)30(39)21-25-12-14-27(40-2)15-13-25/h3-15,22H,16-21H2,1-2H3. The number of nitrogens with zero attached hydrogens (tertiary/aromatic N) is 6. The average molecular weight is 533 g/mol. The summed E-state index contributed by atoms with van der Waals surface area (Å²) in [5.74, 6) is 2.55. The van der Waals surface area contributed by atoms with E-state index in [0.29, 0.717) is 39.0 Å². The van der Waals surface area contributed by atoms with Gasteiger partial charge in [0.2, 0.25) is 5.91 Å². The molecule has 0 spiro atoms. The number of piperazine rings is 1. The predicted molar refractivity (Wildman–Crippen MR) is 156 cm³/mol. The number of methoxy groups -OCH3 is 1. The second-order valence-corrected chi connectivity index (χ2v) is 10.1. The van der Waals surface area contributed by atoms with Crippen molar-refractivity contribution in [3.8, 4) is 11.4 Å². The fourth-order valence-electron chi connectivity index (χ4n) is 5.10. The van der Waals surface area contributed by atoms with E-state index >= 15 is 0 Å². The minimum absolute atomic E-state index is 0.134. The van der Waals surface area contributed by atoms with Gasteiger partial charge >= 0.3 is 0 Å². The Balaban J connectivity index is 1.25. The zero-order valence-electron chi connectivity index (χ0n) is 22.8. The molecule has 3 aromatic carbocycles. The Hall–Kier alpha value is -4.72. The molecule has 0 saturated carbocycles. The number of fused-ring (bicyclic) bond motifs is 1. The summed E-state index contributed by atoms with van der Waals surface area (Å²) < 4.78 is 7.11. The molecule has 1 fully saturated rings. The number of anilines is 1. The molecular weight excluding hydrogens is 500 g/mol. The van der Waals surface area contributed by atoms with Gasteiger partial charge in [0, 0.05) is 32.6 Å². The average Bonchev–Trinajstić information content (AvgIpc) is 3.43. The van der Waals surface area contributed by atoms with Crippen molar-refractivity contribution in [1.29, 1.82) is 0 Å². The van der Waals surface area contributed by atoms with Crippen molar-refractivity contribution in [3.63, 3.8) is 0 Å². The number of rotatable bonds is 7. The fourth-order valence-corrected chi connectivity index (χ4v) is 5.10. The van der Waals surface area contributed by atoms with Crippen LogP contribution < -0.4 is 9.64 Å². The third-order valence-electron chi connectivity index (χ3n) is 7.38. The van der Waals surface area contributed by atoms with E-state index in [1.807, 2.05) is 70.4 Å². The van der Waals surface area contributed by atoms with E-state index in [9.17, 15) is 4.79 Å². The molecule has 1 saturated heterocycles. The highest BCUT2D eigenvalue weighted by Crippen LogP contribution is 2.27. The molecule has 1 amide bonds. The van der Waals surface area contributed by atoms with Crippen molar-refractivity contribution in [2.24, 2.45) is 0 Å². The van der Waals surface area contributed by atoms with Gasteiger partial charge < -0.3 is 14.5 Å². The Labute approximate surface area is 233 Å². The molecule has 1 aliphatic rings. The Bertz CT molecular complexity index is 1610. The van der Waals surface area contributed by atoms with Crippen LogP contribution in [0.2, 0.25) is 0 Å². The van der Waals surface area contributed by atoms with Gasteiger partial charge in [0.05, 0.1) is 30.8 Å². The topological polar surface area (TPSA) is 76.4 Å². The lowest BCUT2D eigenvalue weighted by molar-refractivity contribution is -0.130. The second kappa shape index (κ2) is 11.2. The number of para-hydroxylation sites is 1. The van der Waals surface area contributed by atoms with Gasteiger partial charge in [-0.1, -0.05) is 60.2 Å². The third kappa shape index (κ3) is 5.38. The van der Waals surface area contributed by atoms with E-state index in [4.69, 9.17) is 19.8 Å². The molecule has 40 heavy (non-hydrogen) atoms. The molecule has 2 aromatic heterocycles.